The summed E-state index contributed by atoms with van der Waals surface area (Å²) >= 11 is 6.44. The highest BCUT2D eigenvalue weighted by atomic mass is 35.5. The Balaban J connectivity index is 1.90. The summed E-state index contributed by atoms with van der Waals surface area (Å²) in [6, 6.07) is 9.90. The summed E-state index contributed by atoms with van der Waals surface area (Å²) in [4.78, 5) is 2.41. The van der Waals surface area contributed by atoms with Crippen molar-refractivity contribution in [2.24, 2.45) is 0 Å². The number of nitrogens with zero attached hydrogens (tertiary/aromatic N) is 1. The molecule has 0 saturated heterocycles. The number of hydrogen-bond donors (Lipinski definition) is 1. The van der Waals surface area contributed by atoms with Crippen molar-refractivity contribution in [2.75, 3.05) is 33.3 Å². The van der Waals surface area contributed by atoms with E-state index in [0.29, 0.717) is 29.7 Å². The van der Waals surface area contributed by atoms with Crippen LogP contribution in [0.2, 0.25) is 5.02 Å². The van der Waals surface area contributed by atoms with Gasteiger partial charge in [-0.2, -0.15) is 0 Å². The van der Waals surface area contributed by atoms with E-state index in [2.05, 4.69) is 24.1 Å². The molecule has 0 spiro atoms. The SMILES string of the molecule is CCN(CC)CCCNCc1cc(OC)c(OCc2ccc(F)cc2)cc1Cl. The first-order chi connectivity index (χ1) is 13.6. The Morgan fingerprint density at radius 2 is 1.79 bits per heavy atom. The lowest BCUT2D eigenvalue weighted by atomic mass is 10.2. The van der Waals surface area contributed by atoms with Crippen molar-refractivity contribution < 1.29 is 13.9 Å². The first-order valence-electron chi connectivity index (χ1n) is 9.74. The third kappa shape index (κ3) is 6.97. The van der Waals surface area contributed by atoms with Crippen LogP contribution in [0.5, 0.6) is 11.5 Å². The molecule has 0 aromatic heterocycles. The van der Waals surface area contributed by atoms with E-state index < -0.39 is 0 Å². The summed E-state index contributed by atoms with van der Waals surface area (Å²) in [5, 5.41) is 4.07. The second-order valence-electron chi connectivity index (χ2n) is 6.57. The van der Waals surface area contributed by atoms with Crippen LogP contribution in [-0.4, -0.2) is 38.2 Å². The number of rotatable bonds is 12. The number of hydrogen-bond acceptors (Lipinski definition) is 4. The standard InChI is InChI=1S/C22H30ClFN2O2/c1-4-26(5-2)12-6-11-25-15-18-13-21(27-3)22(14-20(18)23)28-16-17-7-9-19(24)10-8-17/h7-10,13-14,25H,4-6,11-12,15-16H2,1-3H3. The predicted octanol–water partition coefficient (Wildman–Crippen LogP) is 4.89. The van der Waals surface area contributed by atoms with Crippen LogP contribution in [0.4, 0.5) is 4.39 Å². The third-order valence-corrected chi connectivity index (χ3v) is 5.03. The van der Waals surface area contributed by atoms with E-state index >= 15 is 0 Å². The van der Waals surface area contributed by atoms with Crippen LogP contribution >= 0.6 is 11.6 Å². The molecule has 0 atom stereocenters. The van der Waals surface area contributed by atoms with Crippen LogP contribution in [0, 0.1) is 5.82 Å². The average Bonchev–Trinajstić information content (AvgIpc) is 2.71. The molecule has 0 bridgehead atoms. The van der Waals surface area contributed by atoms with Gasteiger partial charge in [-0.3, -0.25) is 0 Å². The molecule has 6 heteroatoms. The topological polar surface area (TPSA) is 33.7 Å². The lowest BCUT2D eigenvalue weighted by Crippen LogP contribution is -2.27. The molecular weight excluding hydrogens is 379 g/mol. The summed E-state index contributed by atoms with van der Waals surface area (Å²) in [7, 11) is 1.61. The van der Waals surface area contributed by atoms with Gasteiger partial charge in [0.25, 0.3) is 0 Å². The summed E-state index contributed by atoms with van der Waals surface area (Å²) in [6.07, 6.45) is 1.09. The number of nitrogens with one attached hydrogen (secondary N) is 1. The zero-order chi connectivity index (χ0) is 20.4. The van der Waals surface area contributed by atoms with E-state index in [4.69, 9.17) is 21.1 Å². The van der Waals surface area contributed by atoms with Gasteiger partial charge in [0, 0.05) is 17.6 Å². The molecule has 0 radical (unpaired) electrons. The smallest absolute Gasteiger partial charge is 0.163 e. The first-order valence-corrected chi connectivity index (χ1v) is 10.1. The van der Waals surface area contributed by atoms with Crippen LogP contribution in [-0.2, 0) is 13.2 Å². The van der Waals surface area contributed by atoms with Crippen molar-refractivity contribution >= 4 is 11.6 Å². The molecule has 1 N–H and O–H groups in total. The van der Waals surface area contributed by atoms with E-state index in [1.54, 1.807) is 25.3 Å². The molecule has 2 aromatic rings. The Morgan fingerprint density at radius 1 is 1.07 bits per heavy atom. The van der Waals surface area contributed by atoms with Gasteiger partial charge in [0.2, 0.25) is 0 Å². The third-order valence-electron chi connectivity index (χ3n) is 4.68. The quantitative estimate of drug-likeness (QED) is 0.507. The molecule has 0 amide bonds. The van der Waals surface area contributed by atoms with E-state index in [0.717, 1.165) is 43.7 Å². The van der Waals surface area contributed by atoms with Gasteiger partial charge < -0.3 is 19.7 Å². The van der Waals surface area contributed by atoms with Gasteiger partial charge in [0.15, 0.2) is 11.5 Å². The maximum Gasteiger partial charge on any atom is 0.163 e. The molecule has 4 nitrogen and oxygen atoms in total. The monoisotopic (exact) mass is 408 g/mol. The highest BCUT2D eigenvalue weighted by Crippen LogP contribution is 2.34. The molecule has 0 aliphatic carbocycles. The normalized spacial score (nSPS) is 11.1. The first kappa shape index (κ1) is 22.5. The van der Waals surface area contributed by atoms with E-state index in [1.807, 2.05) is 6.07 Å². The van der Waals surface area contributed by atoms with Crippen LogP contribution in [0.1, 0.15) is 31.4 Å². The molecule has 154 valence electrons. The number of benzene rings is 2. The maximum atomic E-state index is 13.0. The van der Waals surface area contributed by atoms with Crippen LogP contribution in [0.3, 0.4) is 0 Å². The highest BCUT2D eigenvalue weighted by molar-refractivity contribution is 6.31. The van der Waals surface area contributed by atoms with Crippen LogP contribution in [0.15, 0.2) is 36.4 Å². The maximum absolute atomic E-state index is 13.0. The Morgan fingerprint density at radius 3 is 2.43 bits per heavy atom. The minimum Gasteiger partial charge on any atom is -0.493 e. The van der Waals surface area contributed by atoms with Crippen molar-refractivity contribution in [1.82, 2.24) is 10.2 Å². The van der Waals surface area contributed by atoms with Crippen molar-refractivity contribution in [3.8, 4) is 11.5 Å². The fourth-order valence-electron chi connectivity index (χ4n) is 2.92. The van der Waals surface area contributed by atoms with Crippen molar-refractivity contribution in [3.05, 3.63) is 58.4 Å². The molecule has 0 saturated carbocycles. The molecule has 28 heavy (non-hydrogen) atoms. The van der Waals surface area contributed by atoms with Crippen molar-refractivity contribution in [3.63, 3.8) is 0 Å². The second-order valence-corrected chi connectivity index (χ2v) is 6.97. The Hall–Kier alpha value is -1.82. The molecular formula is C22H30ClFN2O2. The van der Waals surface area contributed by atoms with Gasteiger partial charge in [0.1, 0.15) is 12.4 Å². The molecule has 2 rings (SSSR count). The summed E-state index contributed by atoms with van der Waals surface area (Å²) < 4.78 is 24.3. The molecule has 0 aliphatic heterocycles. The Bertz CT molecular complexity index is 721. The molecule has 0 fully saturated rings. The van der Waals surface area contributed by atoms with E-state index in [1.165, 1.54) is 12.1 Å². The number of ether oxygens (including phenoxy) is 2. The van der Waals surface area contributed by atoms with Gasteiger partial charge in [-0.05, 0) is 61.9 Å². The zero-order valence-corrected chi connectivity index (χ0v) is 17.7. The largest absolute Gasteiger partial charge is 0.493 e. The van der Waals surface area contributed by atoms with E-state index in [-0.39, 0.29) is 5.82 Å². The van der Waals surface area contributed by atoms with Gasteiger partial charge in [0.05, 0.1) is 7.11 Å². The summed E-state index contributed by atoms with van der Waals surface area (Å²) in [6.45, 7) is 9.54. The summed E-state index contributed by atoms with van der Waals surface area (Å²) in [5.41, 5.74) is 1.84. The lowest BCUT2D eigenvalue weighted by Gasteiger charge is -2.18. The van der Waals surface area contributed by atoms with Crippen LogP contribution in [0.25, 0.3) is 0 Å². The van der Waals surface area contributed by atoms with Crippen LogP contribution < -0.4 is 14.8 Å². The number of methoxy groups -OCH3 is 1. The lowest BCUT2D eigenvalue weighted by molar-refractivity contribution is 0.284. The van der Waals surface area contributed by atoms with Gasteiger partial charge in [-0.15, -0.1) is 0 Å². The average molecular weight is 409 g/mol. The Labute approximate surface area is 172 Å². The highest BCUT2D eigenvalue weighted by Gasteiger charge is 2.11. The fraction of sp³-hybridized carbons (Fsp3) is 0.455. The van der Waals surface area contributed by atoms with Gasteiger partial charge in [-0.25, -0.2) is 4.39 Å². The van der Waals surface area contributed by atoms with Crippen molar-refractivity contribution in [2.45, 2.75) is 33.4 Å². The van der Waals surface area contributed by atoms with Gasteiger partial charge in [-0.1, -0.05) is 37.6 Å². The summed E-state index contributed by atoms with van der Waals surface area (Å²) in [5.74, 6) is 0.937. The predicted molar refractivity (Wildman–Crippen MR) is 113 cm³/mol. The fourth-order valence-corrected chi connectivity index (χ4v) is 3.14. The molecule has 0 aliphatic rings. The number of halogens is 2. The minimum atomic E-state index is -0.265. The molecule has 0 unspecified atom stereocenters. The minimum absolute atomic E-state index is 0.265. The molecule has 2 aromatic carbocycles. The second kappa shape index (κ2) is 11.9. The van der Waals surface area contributed by atoms with E-state index in [9.17, 15) is 4.39 Å². The zero-order valence-electron chi connectivity index (χ0n) is 16.9. The van der Waals surface area contributed by atoms with Crippen molar-refractivity contribution in [1.29, 1.82) is 0 Å². The Kier molecular flexibility index (Phi) is 9.55. The van der Waals surface area contributed by atoms with Gasteiger partial charge >= 0.3 is 0 Å². The molecule has 0 heterocycles.